The van der Waals surface area contributed by atoms with Crippen LogP contribution in [-0.4, -0.2) is 59.9 Å². The third-order valence-corrected chi connectivity index (χ3v) is 9.25. The number of aryl methyl sites for hydroxylation is 1. The van der Waals surface area contributed by atoms with E-state index in [9.17, 15) is 13.2 Å². The molecule has 1 fully saturated rings. The largest absolute Gasteiger partial charge is 0.475 e. The summed E-state index contributed by atoms with van der Waals surface area (Å²) in [7, 11) is -4.16. The van der Waals surface area contributed by atoms with Gasteiger partial charge in [-0.3, -0.25) is 9.88 Å². The van der Waals surface area contributed by atoms with Gasteiger partial charge in [0, 0.05) is 11.1 Å². The van der Waals surface area contributed by atoms with Gasteiger partial charge in [0.05, 0.1) is 30.2 Å². The Bertz CT molecular complexity index is 1300. The van der Waals surface area contributed by atoms with E-state index in [4.69, 9.17) is 9.72 Å². The fraction of sp³-hybridized carbons (Fsp3) is 0.625. The second kappa shape index (κ2) is 8.19. The first kappa shape index (κ1) is 22.8. The number of rotatable bonds is 4. The van der Waals surface area contributed by atoms with E-state index in [1.165, 1.54) is 19.0 Å². The molecule has 0 spiro atoms. The van der Waals surface area contributed by atoms with Crippen LogP contribution in [-0.2, 0) is 41.2 Å². The van der Waals surface area contributed by atoms with Gasteiger partial charge in [-0.05, 0) is 69.2 Å². The van der Waals surface area contributed by atoms with Crippen LogP contribution in [0.2, 0.25) is 0 Å². The highest BCUT2D eigenvalue weighted by molar-refractivity contribution is 7.90. The third-order valence-electron chi connectivity index (χ3n) is 7.93. The van der Waals surface area contributed by atoms with Crippen LogP contribution in [0.1, 0.15) is 62.0 Å². The molecule has 4 heterocycles. The SMILES string of the molecule is CC1(C)CCc2c1nc1c(c2NC(=O)NS(=O)(=O)c2cnn3c2OCC(N2CCCC2)C3)CCC1. The first-order valence-electron chi connectivity index (χ1n) is 12.5. The van der Waals surface area contributed by atoms with Crippen LogP contribution >= 0.6 is 0 Å². The smallest absolute Gasteiger partial charge is 0.333 e. The predicted octanol–water partition coefficient (Wildman–Crippen LogP) is 2.36. The van der Waals surface area contributed by atoms with Crippen LogP contribution < -0.4 is 14.8 Å². The summed E-state index contributed by atoms with van der Waals surface area (Å²) in [5.74, 6) is 0.188. The number of fused-ring (bicyclic) bond motifs is 3. The van der Waals surface area contributed by atoms with Crippen molar-refractivity contribution in [1.29, 1.82) is 0 Å². The van der Waals surface area contributed by atoms with Crippen LogP contribution in [0, 0.1) is 0 Å². The number of amides is 2. The minimum absolute atomic E-state index is 0.0621. The van der Waals surface area contributed by atoms with Crippen molar-refractivity contribution < 1.29 is 17.9 Å². The summed E-state index contributed by atoms with van der Waals surface area (Å²) in [6.45, 7) is 7.36. The fourth-order valence-electron chi connectivity index (χ4n) is 6.02. The molecule has 2 aliphatic carbocycles. The van der Waals surface area contributed by atoms with Gasteiger partial charge in [-0.25, -0.2) is 22.6 Å². The van der Waals surface area contributed by atoms with Gasteiger partial charge in [0.1, 0.15) is 6.61 Å². The number of nitrogens with one attached hydrogen (secondary N) is 2. The number of sulfonamides is 1. The molecule has 10 nitrogen and oxygen atoms in total. The van der Waals surface area contributed by atoms with Crippen molar-refractivity contribution >= 4 is 21.7 Å². The summed E-state index contributed by atoms with van der Waals surface area (Å²) < 4.78 is 35.9. The molecule has 1 atom stereocenters. The van der Waals surface area contributed by atoms with Crippen LogP contribution in [0.15, 0.2) is 11.1 Å². The Labute approximate surface area is 205 Å². The number of ether oxygens (including phenoxy) is 1. The van der Waals surface area contributed by atoms with E-state index in [1.807, 2.05) is 0 Å². The summed E-state index contributed by atoms with van der Waals surface area (Å²) in [6.07, 6.45) is 8.07. The molecular weight excluding hydrogens is 468 g/mol. The lowest BCUT2D eigenvalue weighted by atomic mass is 9.90. The van der Waals surface area contributed by atoms with Crippen LogP contribution in [0.25, 0.3) is 0 Å². The van der Waals surface area contributed by atoms with E-state index in [-0.39, 0.29) is 22.2 Å². The molecule has 4 aliphatic rings. The molecule has 2 aliphatic heterocycles. The zero-order chi connectivity index (χ0) is 24.4. The minimum atomic E-state index is -4.16. The van der Waals surface area contributed by atoms with Gasteiger partial charge in [0.2, 0.25) is 5.88 Å². The number of anilines is 1. The van der Waals surface area contributed by atoms with Crippen LogP contribution in [0.5, 0.6) is 5.88 Å². The quantitative estimate of drug-likeness (QED) is 0.662. The Hall–Kier alpha value is -2.66. The molecule has 0 radical (unpaired) electrons. The molecule has 0 bridgehead atoms. The molecule has 1 unspecified atom stereocenters. The molecule has 0 aromatic carbocycles. The van der Waals surface area contributed by atoms with Gasteiger partial charge in [0.15, 0.2) is 4.90 Å². The van der Waals surface area contributed by atoms with Crippen molar-refractivity contribution in [3.63, 3.8) is 0 Å². The van der Waals surface area contributed by atoms with Gasteiger partial charge in [-0.1, -0.05) is 13.8 Å². The normalized spacial score (nSPS) is 22.9. The van der Waals surface area contributed by atoms with Crippen molar-refractivity contribution in [2.24, 2.45) is 0 Å². The molecule has 2 aromatic heterocycles. The molecule has 2 amide bonds. The number of pyridine rings is 1. The molecule has 35 heavy (non-hydrogen) atoms. The van der Waals surface area contributed by atoms with Crippen molar-refractivity contribution in [3.05, 3.63) is 28.7 Å². The van der Waals surface area contributed by atoms with Gasteiger partial charge < -0.3 is 10.1 Å². The molecule has 2 aromatic rings. The first-order chi connectivity index (χ1) is 16.7. The van der Waals surface area contributed by atoms with Gasteiger partial charge in [-0.15, -0.1) is 0 Å². The van der Waals surface area contributed by atoms with Gasteiger partial charge >= 0.3 is 6.03 Å². The van der Waals surface area contributed by atoms with Crippen molar-refractivity contribution in [2.45, 2.75) is 81.7 Å². The Kier molecular flexibility index (Phi) is 5.33. The van der Waals surface area contributed by atoms with E-state index >= 15 is 0 Å². The lowest BCUT2D eigenvalue weighted by molar-refractivity contribution is 0.0993. The first-order valence-corrected chi connectivity index (χ1v) is 14.0. The number of carbonyl (C=O) groups is 1. The monoisotopic (exact) mass is 500 g/mol. The Balaban J connectivity index is 1.22. The third kappa shape index (κ3) is 3.88. The lowest BCUT2D eigenvalue weighted by Crippen LogP contribution is -2.44. The molecule has 1 saturated heterocycles. The number of hydrogen-bond acceptors (Lipinski definition) is 7. The molecule has 188 valence electrons. The Morgan fingerprint density at radius 2 is 1.94 bits per heavy atom. The zero-order valence-electron chi connectivity index (χ0n) is 20.3. The fourth-order valence-corrected chi connectivity index (χ4v) is 7.01. The average Bonchev–Trinajstić information content (AvgIpc) is 3.60. The van der Waals surface area contributed by atoms with E-state index in [0.29, 0.717) is 13.2 Å². The maximum atomic E-state index is 13.1. The van der Waals surface area contributed by atoms with E-state index in [0.717, 1.165) is 73.4 Å². The number of carbonyl (C=O) groups excluding carboxylic acids is 1. The topological polar surface area (TPSA) is 118 Å². The van der Waals surface area contributed by atoms with Gasteiger partial charge in [0.25, 0.3) is 10.0 Å². The summed E-state index contributed by atoms with van der Waals surface area (Å²) in [4.78, 5) is 20.2. The van der Waals surface area contributed by atoms with Crippen molar-refractivity contribution in [3.8, 4) is 5.88 Å². The number of nitrogens with zero attached hydrogens (tertiary/aromatic N) is 4. The van der Waals surface area contributed by atoms with Gasteiger partial charge in [-0.2, -0.15) is 5.10 Å². The molecule has 2 N–H and O–H groups in total. The number of urea groups is 1. The minimum Gasteiger partial charge on any atom is -0.475 e. The lowest BCUT2D eigenvalue weighted by Gasteiger charge is -2.31. The van der Waals surface area contributed by atoms with E-state index < -0.39 is 16.1 Å². The second-order valence-corrected chi connectivity index (χ2v) is 12.4. The summed E-state index contributed by atoms with van der Waals surface area (Å²) in [5.41, 5.74) is 4.78. The highest BCUT2D eigenvalue weighted by Gasteiger charge is 2.37. The van der Waals surface area contributed by atoms with Crippen LogP contribution in [0.3, 0.4) is 0 Å². The Morgan fingerprint density at radius 1 is 1.14 bits per heavy atom. The molecule has 0 saturated carbocycles. The molecular formula is C24H32N6O4S. The second-order valence-electron chi connectivity index (χ2n) is 10.7. The average molecular weight is 501 g/mol. The number of aromatic nitrogens is 3. The summed E-state index contributed by atoms with van der Waals surface area (Å²) in [5, 5.41) is 7.13. The standard InChI is InChI=1S/C24H32N6O4S/c1-24(2)9-8-17-20(16-6-5-7-18(16)26-21(17)24)27-23(31)28-35(32,33)19-12-25-30-13-15(14-34-22(19)30)29-10-3-4-11-29/h12,15H,3-11,13-14H2,1-2H3,(H2,26,27,28,31). The molecule has 6 rings (SSSR count). The number of hydrogen-bond donors (Lipinski definition) is 2. The van der Waals surface area contributed by atoms with Crippen LogP contribution in [0.4, 0.5) is 10.5 Å². The molecule has 11 heteroatoms. The highest BCUT2D eigenvalue weighted by atomic mass is 32.2. The zero-order valence-corrected chi connectivity index (χ0v) is 21.1. The predicted molar refractivity (Wildman–Crippen MR) is 129 cm³/mol. The van der Waals surface area contributed by atoms with Crippen molar-refractivity contribution in [1.82, 2.24) is 24.4 Å². The summed E-state index contributed by atoms with van der Waals surface area (Å²) >= 11 is 0. The van der Waals surface area contributed by atoms with E-state index in [2.05, 4.69) is 33.9 Å². The maximum Gasteiger partial charge on any atom is 0.333 e. The number of likely N-dealkylation sites (tertiary alicyclic amines) is 1. The van der Waals surface area contributed by atoms with E-state index in [1.54, 1.807) is 4.68 Å². The van der Waals surface area contributed by atoms with Crippen molar-refractivity contribution in [2.75, 3.05) is 25.0 Å². The maximum absolute atomic E-state index is 13.1. The summed E-state index contributed by atoms with van der Waals surface area (Å²) in [6, 6.07) is -0.597. The highest BCUT2D eigenvalue weighted by Crippen LogP contribution is 2.44. The Morgan fingerprint density at radius 3 is 2.74 bits per heavy atom.